The lowest BCUT2D eigenvalue weighted by molar-refractivity contribution is -0.189. The lowest BCUT2D eigenvalue weighted by Gasteiger charge is -2.32. The molecule has 0 spiro atoms. The second-order valence-corrected chi connectivity index (χ2v) is 4.12. The van der Waals surface area contributed by atoms with E-state index in [9.17, 15) is 5.11 Å². The summed E-state index contributed by atoms with van der Waals surface area (Å²) in [5.74, 6) is 0.420. The van der Waals surface area contributed by atoms with Crippen molar-refractivity contribution < 1.29 is 9.84 Å². The summed E-state index contributed by atoms with van der Waals surface area (Å²) >= 11 is 0. The Bertz CT molecular complexity index is 119. The molecule has 0 saturated carbocycles. The summed E-state index contributed by atoms with van der Waals surface area (Å²) in [4.78, 5) is 0. The predicted molar refractivity (Wildman–Crippen MR) is 50.9 cm³/mol. The van der Waals surface area contributed by atoms with Crippen molar-refractivity contribution >= 4 is 0 Å². The number of hydrogen-bond donors (Lipinski definition) is 1. The zero-order valence-electron chi connectivity index (χ0n) is 8.92. The molecule has 1 N–H and O–H groups in total. The van der Waals surface area contributed by atoms with E-state index in [2.05, 4.69) is 13.8 Å². The monoisotopic (exact) mass is 174 g/mol. The fourth-order valence-electron chi connectivity index (χ4n) is 0.793. The summed E-state index contributed by atoms with van der Waals surface area (Å²) in [5, 5.41) is 9.41. The minimum absolute atomic E-state index is 0.228. The van der Waals surface area contributed by atoms with Crippen molar-refractivity contribution in [2.75, 3.05) is 0 Å². The Labute approximate surface area is 75.9 Å². The Morgan fingerprint density at radius 1 is 1.33 bits per heavy atom. The number of rotatable bonds is 5. The van der Waals surface area contributed by atoms with Gasteiger partial charge in [0, 0.05) is 0 Å². The van der Waals surface area contributed by atoms with Crippen LogP contribution < -0.4 is 0 Å². The first-order valence-electron chi connectivity index (χ1n) is 4.76. The first kappa shape index (κ1) is 11.9. The van der Waals surface area contributed by atoms with E-state index < -0.39 is 6.29 Å². The maximum absolute atomic E-state index is 9.41. The number of aliphatic hydroxyl groups excluding tert-OH is 1. The van der Waals surface area contributed by atoms with E-state index >= 15 is 0 Å². The Kier molecular flexibility index (Phi) is 4.80. The highest BCUT2D eigenvalue weighted by Gasteiger charge is 2.25. The third-order valence-electron chi connectivity index (χ3n) is 2.37. The third kappa shape index (κ3) is 4.07. The van der Waals surface area contributed by atoms with Crippen LogP contribution in [0.3, 0.4) is 0 Å². The first-order chi connectivity index (χ1) is 5.40. The van der Waals surface area contributed by atoms with Crippen LogP contribution in [0, 0.1) is 5.92 Å². The van der Waals surface area contributed by atoms with Gasteiger partial charge in [-0.15, -0.1) is 0 Å². The zero-order chi connectivity index (χ0) is 9.78. The van der Waals surface area contributed by atoms with Crippen LogP contribution in [0.5, 0.6) is 0 Å². The lowest BCUT2D eigenvalue weighted by Crippen LogP contribution is -2.35. The van der Waals surface area contributed by atoms with Crippen molar-refractivity contribution in [3.8, 4) is 0 Å². The van der Waals surface area contributed by atoms with Crippen molar-refractivity contribution in [2.24, 2.45) is 5.92 Å². The smallest absolute Gasteiger partial charge is 0.155 e. The minimum Gasteiger partial charge on any atom is -0.368 e. The van der Waals surface area contributed by atoms with Crippen LogP contribution in [-0.2, 0) is 4.74 Å². The topological polar surface area (TPSA) is 29.5 Å². The van der Waals surface area contributed by atoms with E-state index in [0.717, 1.165) is 12.8 Å². The largest absolute Gasteiger partial charge is 0.368 e. The molecule has 0 aromatic carbocycles. The van der Waals surface area contributed by atoms with Crippen LogP contribution in [0.1, 0.15) is 47.5 Å². The average Bonchev–Trinajstić information content (AvgIpc) is 1.85. The summed E-state index contributed by atoms with van der Waals surface area (Å²) < 4.78 is 5.50. The molecular formula is C10H22O2. The highest BCUT2D eigenvalue weighted by atomic mass is 16.6. The molecule has 0 aliphatic heterocycles. The van der Waals surface area contributed by atoms with Gasteiger partial charge in [0.15, 0.2) is 6.29 Å². The summed E-state index contributed by atoms with van der Waals surface area (Å²) in [6, 6.07) is 0. The average molecular weight is 174 g/mol. The van der Waals surface area contributed by atoms with Gasteiger partial charge in [-0.1, -0.05) is 27.2 Å². The maximum Gasteiger partial charge on any atom is 0.155 e. The lowest BCUT2D eigenvalue weighted by atomic mass is 9.94. The molecule has 0 aromatic heterocycles. The van der Waals surface area contributed by atoms with Crippen molar-refractivity contribution in [1.29, 1.82) is 0 Å². The molecule has 12 heavy (non-hydrogen) atoms. The van der Waals surface area contributed by atoms with E-state index in [1.807, 2.05) is 20.8 Å². The molecule has 1 unspecified atom stereocenters. The molecule has 2 nitrogen and oxygen atoms in total. The molecule has 0 heterocycles. The van der Waals surface area contributed by atoms with Crippen LogP contribution in [0.15, 0.2) is 0 Å². The Morgan fingerprint density at radius 2 is 1.83 bits per heavy atom. The van der Waals surface area contributed by atoms with Crippen LogP contribution in [0.4, 0.5) is 0 Å². The molecule has 0 saturated heterocycles. The number of ether oxygens (including phenoxy) is 1. The quantitative estimate of drug-likeness (QED) is 0.649. The van der Waals surface area contributed by atoms with Crippen LogP contribution in [-0.4, -0.2) is 17.0 Å². The van der Waals surface area contributed by atoms with Gasteiger partial charge in [0.25, 0.3) is 0 Å². The predicted octanol–water partition coefficient (Wildman–Crippen LogP) is 2.56. The molecule has 0 fully saturated rings. The van der Waals surface area contributed by atoms with E-state index in [1.165, 1.54) is 0 Å². The van der Waals surface area contributed by atoms with Crippen molar-refractivity contribution in [3.05, 3.63) is 0 Å². The maximum atomic E-state index is 9.41. The van der Waals surface area contributed by atoms with E-state index in [-0.39, 0.29) is 5.60 Å². The van der Waals surface area contributed by atoms with Crippen molar-refractivity contribution in [1.82, 2.24) is 0 Å². The first-order valence-corrected chi connectivity index (χ1v) is 4.76. The van der Waals surface area contributed by atoms with Gasteiger partial charge in [-0.3, -0.25) is 0 Å². The number of hydrogen-bond acceptors (Lipinski definition) is 2. The highest BCUT2D eigenvalue weighted by molar-refractivity contribution is 4.72. The molecular weight excluding hydrogens is 152 g/mol. The van der Waals surface area contributed by atoms with Crippen molar-refractivity contribution in [2.45, 2.75) is 59.4 Å². The number of aliphatic hydroxyl groups is 1. The standard InChI is InChI=1S/C10H22O2/c1-6-7-9(11)12-10(4,5)8(2)3/h8-9,11H,6-7H2,1-5H3. The van der Waals surface area contributed by atoms with Gasteiger partial charge < -0.3 is 9.84 Å². The van der Waals surface area contributed by atoms with Gasteiger partial charge in [-0.25, -0.2) is 0 Å². The minimum atomic E-state index is -0.604. The van der Waals surface area contributed by atoms with Gasteiger partial charge in [0.2, 0.25) is 0 Å². The normalized spacial score (nSPS) is 15.2. The second-order valence-electron chi connectivity index (χ2n) is 4.12. The van der Waals surface area contributed by atoms with Gasteiger partial charge in [-0.2, -0.15) is 0 Å². The summed E-state index contributed by atoms with van der Waals surface area (Å²) in [6.45, 7) is 10.2. The van der Waals surface area contributed by atoms with Crippen molar-refractivity contribution in [3.63, 3.8) is 0 Å². The molecule has 2 heteroatoms. The van der Waals surface area contributed by atoms with E-state index in [0.29, 0.717) is 5.92 Å². The molecule has 1 atom stereocenters. The molecule has 0 amide bonds. The Balaban J connectivity index is 3.88. The van der Waals surface area contributed by atoms with Gasteiger partial charge >= 0.3 is 0 Å². The fraction of sp³-hybridized carbons (Fsp3) is 1.00. The molecule has 0 rings (SSSR count). The van der Waals surface area contributed by atoms with Crippen LogP contribution >= 0.6 is 0 Å². The van der Waals surface area contributed by atoms with Gasteiger partial charge in [0.1, 0.15) is 0 Å². The molecule has 0 aromatic rings. The zero-order valence-corrected chi connectivity index (χ0v) is 8.92. The van der Waals surface area contributed by atoms with Crippen LogP contribution in [0.2, 0.25) is 0 Å². The Morgan fingerprint density at radius 3 is 2.17 bits per heavy atom. The summed E-state index contributed by atoms with van der Waals surface area (Å²) in [7, 11) is 0. The van der Waals surface area contributed by atoms with E-state index in [4.69, 9.17) is 4.74 Å². The Hall–Kier alpha value is -0.0800. The summed E-state index contributed by atoms with van der Waals surface area (Å²) in [5.41, 5.74) is -0.228. The molecule has 0 bridgehead atoms. The molecule has 0 aliphatic rings. The van der Waals surface area contributed by atoms with Gasteiger partial charge in [0.05, 0.1) is 5.60 Å². The SMILES string of the molecule is CCCC(O)OC(C)(C)C(C)C. The van der Waals surface area contributed by atoms with E-state index in [1.54, 1.807) is 0 Å². The third-order valence-corrected chi connectivity index (χ3v) is 2.37. The van der Waals surface area contributed by atoms with Crippen LogP contribution in [0.25, 0.3) is 0 Å². The highest BCUT2D eigenvalue weighted by Crippen LogP contribution is 2.22. The molecule has 0 radical (unpaired) electrons. The molecule has 74 valence electrons. The molecule has 0 aliphatic carbocycles. The van der Waals surface area contributed by atoms with Gasteiger partial charge in [-0.05, 0) is 26.2 Å². The fourth-order valence-corrected chi connectivity index (χ4v) is 0.793. The second kappa shape index (κ2) is 4.83. The summed E-state index contributed by atoms with van der Waals surface area (Å²) in [6.07, 6.45) is 1.07.